The van der Waals surface area contributed by atoms with Crippen LogP contribution in [0.2, 0.25) is 0 Å². The molecule has 0 aliphatic carbocycles. The van der Waals surface area contributed by atoms with Crippen LogP contribution in [0.5, 0.6) is 5.75 Å². The number of aromatic amines is 1. The van der Waals surface area contributed by atoms with Crippen molar-refractivity contribution in [2.45, 2.75) is 6.54 Å². The molecule has 134 valence electrons. The molecule has 27 heavy (non-hydrogen) atoms. The van der Waals surface area contributed by atoms with Crippen LogP contribution in [0.25, 0.3) is 22.2 Å². The number of carbonyl (C=O) groups excluding carboxylic acids is 1. The summed E-state index contributed by atoms with van der Waals surface area (Å²) < 4.78 is 5.89. The van der Waals surface area contributed by atoms with Gasteiger partial charge in [0.05, 0.1) is 29.5 Å². The highest BCUT2D eigenvalue weighted by atomic mass is 32.1. The van der Waals surface area contributed by atoms with E-state index in [4.69, 9.17) is 4.74 Å². The first-order chi connectivity index (χ1) is 13.3. The van der Waals surface area contributed by atoms with Crippen molar-refractivity contribution in [1.82, 2.24) is 14.9 Å². The van der Waals surface area contributed by atoms with Crippen molar-refractivity contribution in [2.24, 2.45) is 0 Å². The number of imidazole rings is 1. The first-order valence-corrected chi connectivity index (χ1v) is 9.73. The van der Waals surface area contributed by atoms with Crippen LogP contribution in [0.15, 0.2) is 59.6 Å². The van der Waals surface area contributed by atoms with Gasteiger partial charge in [-0.05, 0) is 46.8 Å². The fraction of sp³-hybridized carbons (Fsp3) is 0.143. The third-order valence-corrected chi connectivity index (χ3v) is 5.53. The van der Waals surface area contributed by atoms with E-state index in [1.54, 1.807) is 6.33 Å². The van der Waals surface area contributed by atoms with Crippen LogP contribution in [-0.2, 0) is 6.54 Å². The van der Waals surface area contributed by atoms with Crippen LogP contribution in [0.3, 0.4) is 0 Å². The van der Waals surface area contributed by atoms with E-state index in [1.165, 1.54) is 11.3 Å². The maximum absolute atomic E-state index is 12.8. The lowest BCUT2D eigenvalue weighted by molar-refractivity contribution is 0.0734. The molecule has 1 N–H and O–H groups in total. The minimum Gasteiger partial charge on any atom is -0.491 e. The second-order valence-corrected chi connectivity index (χ2v) is 7.32. The number of benzene rings is 2. The predicted molar refractivity (Wildman–Crippen MR) is 106 cm³/mol. The van der Waals surface area contributed by atoms with Gasteiger partial charge in [-0.1, -0.05) is 12.1 Å². The van der Waals surface area contributed by atoms with E-state index in [0.717, 1.165) is 39.0 Å². The third kappa shape index (κ3) is 2.98. The molecule has 0 saturated carbocycles. The fourth-order valence-corrected chi connectivity index (χ4v) is 4.06. The Kier molecular flexibility index (Phi) is 3.90. The second kappa shape index (κ2) is 6.55. The van der Waals surface area contributed by atoms with Gasteiger partial charge in [0.15, 0.2) is 0 Å². The Morgan fingerprint density at radius 3 is 2.93 bits per heavy atom. The summed E-state index contributed by atoms with van der Waals surface area (Å²) in [6.07, 6.45) is 1.70. The Morgan fingerprint density at radius 1 is 1.15 bits per heavy atom. The Bertz CT molecular complexity index is 1120. The van der Waals surface area contributed by atoms with Gasteiger partial charge in [-0.2, -0.15) is 11.3 Å². The van der Waals surface area contributed by atoms with Crippen LogP contribution in [0, 0.1) is 0 Å². The van der Waals surface area contributed by atoms with Gasteiger partial charge in [0, 0.05) is 17.5 Å². The molecule has 0 bridgehead atoms. The van der Waals surface area contributed by atoms with E-state index in [9.17, 15) is 4.79 Å². The molecule has 0 atom stereocenters. The van der Waals surface area contributed by atoms with Crippen molar-refractivity contribution in [3.05, 3.63) is 70.7 Å². The number of nitrogens with zero attached hydrogens (tertiary/aromatic N) is 2. The summed E-state index contributed by atoms with van der Waals surface area (Å²) in [6, 6.07) is 14.2. The summed E-state index contributed by atoms with van der Waals surface area (Å²) in [5.74, 6) is 0.902. The van der Waals surface area contributed by atoms with Crippen molar-refractivity contribution < 1.29 is 9.53 Å². The van der Waals surface area contributed by atoms with Crippen LogP contribution in [0.4, 0.5) is 0 Å². The highest BCUT2D eigenvalue weighted by Crippen LogP contribution is 2.31. The molecule has 0 radical (unpaired) electrons. The number of hydrogen-bond acceptors (Lipinski definition) is 4. The number of amides is 1. The van der Waals surface area contributed by atoms with Crippen molar-refractivity contribution in [3.63, 3.8) is 0 Å². The lowest BCUT2D eigenvalue weighted by Crippen LogP contribution is -2.32. The molecule has 3 heterocycles. The number of carbonyl (C=O) groups is 1. The average molecular weight is 375 g/mol. The van der Waals surface area contributed by atoms with Gasteiger partial charge in [-0.25, -0.2) is 4.98 Å². The second-order valence-electron chi connectivity index (χ2n) is 6.54. The van der Waals surface area contributed by atoms with E-state index in [-0.39, 0.29) is 5.91 Å². The zero-order valence-corrected chi connectivity index (χ0v) is 15.3. The zero-order valence-electron chi connectivity index (χ0n) is 14.5. The smallest absolute Gasteiger partial charge is 0.255 e. The van der Waals surface area contributed by atoms with Gasteiger partial charge < -0.3 is 14.6 Å². The molecule has 0 fully saturated rings. The minimum absolute atomic E-state index is 0.0528. The number of aromatic nitrogens is 2. The Balaban J connectivity index is 1.49. The lowest BCUT2D eigenvalue weighted by Gasteiger charge is -2.19. The van der Waals surface area contributed by atoms with Crippen LogP contribution >= 0.6 is 11.3 Å². The van der Waals surface area contributed by atoms with E-state index in [0.29, 0.717) is 19.7 Å². The molecule has 1 aliphatic rings. The molecule has 2 aromatic carbocycles. The highest BCUT2D eigenvalue weighted by molar-refractivity contribution is 7.08. The minimum atomic E-state index is 0.0528. The van der Waals surface area contributed by atoms with Crippen molar-refractivity contribution in [2.75, 3.05) is 13.2 Å². The van der Waals surface area contributed by atoms with Crippen molar-refractivity contribution >= 4 is 28.3 Å². The molecule has 1 aliphatic heterocycles. The van der Waals surface area contributed by atoms with E-state index in [2.05, 4.69) is 34.2 Å². The predicted octanol–water partition coefficient (Wildman–Crippen LogP) is 4.33. The molecule has 2 aromatic heterocycles. The quantitative estimate of drug-likeness (QED) is 0.567. The molecule has 6 heteroatoms. The normalized spacial score (nSPS) is 13.9. The monoisotopic (exact) mass is 375 g/mol. The van der Waals surface area contributed by atoms with Crippen LogP contribution < -0.4 is 4.74 Å². The standard InChI is InChI=1S/C21H17N3O2S/c25-21(16-5-8-27-12-16)24-6-7-26-20-4-2-14(9-17(20)11-24)15-1-3-18-19(10-15)23-13-22-18/h1-5,8-10,12-13H,6-7,11H2,(H,22,23). The molecule has 4 aromatic rings. The summed E-state index contributed by atoms with van der Waals surface area (Å²) in [4.78, 5) is 22.0. The number of nitrogens with one attached hydrogen (secondary N) is 1. The Labute approximate surface area is 160 Å². The summed E-state index contributed by atoms with van der Waals surface area (Å²) in [7, 11) is 0. The van der Waals surface area contributed by atoms with Gasteiger partial charge in [0.1, 0.15) is 12.4 Å². The molecule has 0 unspecified atom stereocenters. The molecule has 1 amide bonds. The molecule has 5 rings (SSSR count). The Morgan fingerprint density at radius 2 is 2.04 bits per heavy atom. The van der Waals surface area contributed by atoms with E-state index >= 15 is 0 Å². The topological polar surface area (TPSA) is 58.2 Å². The van der Waals surface area contributed by atoms with Crippen molar-refractivity contribution in [1.29, 1.82) is 0 Å². The molecule has 0 saturated heterocycles. The third-order valence-electron chi connectivity index (χ3n) is 4.85. The largest absolute Gasteiger partial charge is 0.491 e. The summed E-state index contributed by atoms with van der Waals surface area (Å²) in [6.45, 7) is 1.63. The molecular weight excluding hydrogens is 358 g/mol. The van der Waals surface area contributed by atoms with Gasteiger partial charge in [0.25, 0.3) is 5.91 Å². The summed E-state index contributed by atoms with van der Waals surface area (Å²) in [5, 5.41) is 3.82. The molecule has 5 nitrogen and oxygen atoms in total. The summed E-state index contributed by atoms with van der Waals surface area (Å²) >= 11 is 1.54. The SMILES string of the molecule is O=C(c1ccsc1)N1CCOc2ccc(-c3ccc4nc[nH]c4c3)cc2C1. The first-order valence-electron chi connectivity index (χ1n) is 8.79. The number of rotatable bonds is 2. The van der Waals surface area contributed by atoms with Gasteiger partial charge in [-0.15, -0.1) is 0 Å². The highest BCUT2D eigenvalue weighted by Gasteiger charge is 2.21. The van der Waals surface area contributed by atoms with Gasteiger partial charge in [0.2, 0.25) is 0 Å². The number of hydrogen-bond donors (Lipinski definition) is 1. The summed E-state index contributed by atoms with van der Waals surface area (Å²) in [5.41, 5.74) is 5.92. The Hall–Kier alpha value is -3.12. The van der Waals surface area contributed by atoms with E-state index in [1.807, 2.05) is 33.9 Å². The molecule has 0 spiro atoms. The number of H-pyrrole nitrogens is 1. The van der Waals surface area contributed by atoms with Crippen LogP contribution in [0.1, 0.15) is 15.9 Å². The first kappa shape index (κ1) is 16.1. The zero-order chi connectivity index (χ0) is 18.2. The van der Waals surface area contributed by atoms with Crippen LogP contribution in [-0.4, -0.2) is 33.9 Å². The van der Waals surface area contributed by atoms with E-state index < -0.39 is 0 Å². The maximum atomic E-state index is 12.8. The number of fused-ring (bicyclic) bond motifs is 2. The lowest BCUT2D eigenvalue weighted by atomic mass is 10.0. The van der Waals surface area contributed by atoms with Gasteiger partial charge >= 0.3 is 0 Å². The van der Waals surface area contributed by atoms with Crippen molar-refractivity contribution in [3.8, 4) is 16.9 Å². The van der Waals surface area contributed by atoms with Gasteiger partial charge in [-0.3, -0.25) is 4.79 Å². The molecular formula is C21H17N3O2S. The average Bonchev–Trinajstić information content (AvgIpc) is 3.34. The number of ether oxygens (including phenoxy) is 1. The maximum Gasteiger partial charge on any atom is 0.255 e. The number of thiophene rings is 1. The fourth-order valence-electron chi connectivity index (χ4n) is 3.43.